The van der Waals surface area contributed by atoms with Crippen molar-refractivity contribution in [3.63, 3.8) is 0 Å². The van der Waals surface area contributed by atoms with Crippen LogP contribution in [0, 0.1) is 5.92 Å². The molecule has 2 heterocycles. The van der Waals surface area contributed by atoms with E-state index in [1.165, 1.54) is 0 Å². The van der Waals surface area contributed by atoms with Gasteiger partial charge in [0.25, 0.3) is 0 Å². The molecule has 0 amide bonds. The van der Waals surface area contributed by atoms with Crippen LogP contribution in [0.5, 0.6) is 0 Å². The monoisotopic (exact) mass is 206 g/mol. The van der Waals surface area contributed by atoms with Gasteiger partial charge in [-0.2, -0.15) is 0 Å². The molecule has 2 atom stereocenters. The maximum Gasteiger partial charge on any atom is 0.308 e. The number of aliphatic carboxylic acids is 1. The van der Waals surface area contributed by atoms with Gasteiger partial charge in [0.05, 0.1) is 17.7 Å². The van der Waals surface area contributed by atoms with E-state index in [2.05, 4.69) is 10.3 Å². The van der Waals surface area contributed by atoms with Crippen molar-refractivity contribution in [3.05, 3.63) is 30.1 Å². The second-order valence-electron chi connectivity index (χ2n) is 3.77. The van der Waals surface area contributed by atoms with Gasteiger partial charge in [-0.15, -0.1) is 0 Å². The largest absolute Gasteiger partial charge is 0.481 e. The summed E-state index contributed by atoms with van der Waals surface area (Å²) < 4.78 is 0. The zero-order chi connectivity index (χ0) is 10.7. The summed E-state index contributed by atoms with van der Waals surface area (Å²) in [5.74, 6) is -1.09. The van der Waals surface area contributed by atoms with Gasteiger partial charge in [0.2, 0.25) is 0 Å². The zero-order valence-electron chi connectivity index (χ0n) is 8.39. The third kappa shape index (κ3) is 2.15. The molecule has 80 valence electrons. The van der Waals surface area contributed by atoms with E-state index in [0.717, 1.165) is 25.1 Å². The maximum atomic E-state index is 11.1. The molecule has 1 aliphatic heterocycles. The highest BCUT2D eigenvalue weighted by atomic mass is 16.4. The first-order valence-electron chi connectivity index (χ1n) is 5.16. The lowest BCUT2D eigenvalue weighted by Crippen LogP contribution is -2.38. The first kappa shape index (κ1) is 10.1. The van der Waals surface area contributed by atoms with Gasteiger partial charge in [-0.1, -0.05) is 6.07 Å². The number of pyridine rings is 1. The summed E-state index contributed by atoms with van der Waals surface area (Å²) in [6.07, 6.45) is 3.34. The molecule has 0 radical (unpaired) electrons. The summed E-state index contributed by atoms with van der Waals surface area (Å²) in [5, 5.41) is 12.3. The number of nitrogens with one attached hydrogen (secondary N) is 1. The maximum absolute atomic E-state index is 11.1. The van der Waals surface area contributed by atoms with Crippen LogP contribution < -0.4 is 5.32 Å². The van der Waals surface area contributed by atoms with Crippen LogP contribution in [0.25, 0.3) is 0 Å². The molecular formula is C11H14N2O2. The van der Waals surface area contributed by atoms with Gasteiger partial charge in [-0.05, 0) is 31.5 Å². The fourth-order valence-corrected chi connectivity index (χ4v) is 2.03. The van der Waals surface area contributed by atoms with Crippen LogP contribution >= 0.6 is 0 Å². The molecule has 2 unspecified atom stereocenters. The molecular weight excluding hydrogens is 192 g/mol. The number of carbonyl (C=O) groups is 1. The molecule has 2 N–H and O–H groups in total. The number of hydrogen-bond acceptors (Lipinski definition) is 3. The fourth-order valence-electron chi connectivity index (χ4n) is 2.03. The minimum absolute atomic E-state index is 0.141. The molecule has 15 heavy (non-hydrogen) atoms. The van der Waals surface area contributed by atoms with E-state index in [-0.39, 0.29) is 12.0 Å². The third-order valence-electron chi connectivity index (χ3n) is 2.78. The number of carboxylic acids is 1. The quantitative estimate of drug-likeness (QED) is 0.763. The third-order valence-corrected chi connectivity index (χ3v) is 2.78. The van der Waals surface area contributed by atoms with Crippen LogP contribution in [0.2, 0.25) is 0 Å². The molecule has 4 nitrogen and oxygen atoms in total. The van der Waals surface area contributed by atoms with Crippen LogP contribution in [0.15, 0.2) is 24.4 Å². The van der Waals surface area contributed by atoms with Crippen molar-refractivity contribution in [1.82, 2.24) is 10.3 Å². The number of aromatic nitrogens is 1. The predicted molar refractivity (Wildman–Crippen MR) is 55.3 cm³/mol. The highest BCUT2D eigenvalue weighted by molar-refractivity contribution is 5.71. The van der Waals surface area contributed by atoms with Gasteiger partial charge in [-0.3, -0.25) is 9.78 Å². The van der Waals surface area contributed by atoms with E-state index in [0.29, 0.717) is 0 Å². The Hall–Kier alpha value is -1.42. The standard InChI is InChI=1S/C11H14N2O2/c14-11(15)8-4-3-7-13-10(8)9-5-1-2-6-12-9/h1-2,5-6,8,10,13H,3-4,7H2,(H,14,15). The summed E-state index contributed by atoms with van der Waals surface area (Å²) in [4.78, 5) is 15.3. The molecule has 0 aromatic carbocycles. The second kappa shape index (κ2) is 4.40. The molecule has 1 fully saturated rings. The van der Waals surface area contributed by atoms with E-state index < -0.39 is 5.97 Å². The van der Waals surface area contributed by atoms with Crippen LogP contribution in [-0.2, 0) is 4.79 Å². The molecule has 0 bridgehead atoms. The van der Waals surface area contributed by atoms with Crippen molar-refractivity contribution in [2.45, 2.75) is 18.9 Å². The van der Waals surface area contributed by atoms with Crippen molar-refractivity contribution in [3.8, 4) is 0 Å². The van der Waals surface area contributed by atoms with Crippen LogP contribution in [-0.4, -0.2) is 22.6 Å². The van der Waals surface area contributed by atoms with E-state index in [1.807, 2.05) is 18.2 Å². The molecule has 0 aliphatic carbocycles. The van der Waals surface area contributed by atoms with Crippen molar-refractivity contribution in [2.24, 2.45) is 5.92 Å². The van der Waals surface area contributed by atoms with E-state index in [9.17, 15) is 4.79 Å². The summed E-state index contributed by atoms with van der Waals surface area (Å²) in [6, 6.07) is 5.45. The van der Waals surface area contributed by atoms with E-state index in [1.54, 1.807) is 6.20 Å². The highest BCUT2D eigenvalue weighted by Crippen LogP contribution is 2.27. The van der Waals surface area contributed by atoms with E-state index in [4.69, 9.17) is 5.11 Å². The minimum Gasteiger partial charge on any atom is -0.481 e. The number of carboxylic acid groups (broad SMARTS) is 1. The molecule has 1 aliphatic rings. The Morgan fingerprint density at radius 3 is 3.07 bits per heavy atom. The van der Waals surface area contributed by atoms with Gasteiger partial charge >= 0.3 is 5.97 Å². The number of piperidine rings is 1. The Morgan fingerprint density at radius 2 is 2.40 bits per heavy atom. The summed E-state index contributed by atoms with van der Waals surface area (Å²) in [5.41, 5.74) is 0.824. The van der Waals surface area contributed by atoms with E-state index >= 15 is 0 Å². The smallest absolute Gasteiger partial charge is 0.308 e. The molecule has 4 heteroatoms. The Bertz CT molecular complexity index is 340. The van der Waals surface area contributed by atoms with Gasteiger partial charge in [-0.25, -0.2) is 0 Å². The number of nitrogens with zero attached hydrogens (tertiary/aromatic N) is 1. The topological polar surface area (TPSA) is 62.2 Å². The van der Waals surface area contributed by atoms with Crippen LogP contribution in [0.3, 0.4) is 0 Å². The average molecular weight is 206 g/mol. The lowest BCUT2D eigenvalue weighted by atomic mass is 9.89. The first-order chi connectivity index (χ1) is 7.29. The van der Waals surface area contributed by atoms with Gasteiger partial charge in [0.1, 0.15) is 0 Å². The molecule has 0 spiro atoms. The lowest BCUT2D eigenvalue weighted by molar-refractivity contribution is -0.143. The molecule has 1 aromatic heterocycles. The Labute approximate surface area is 88.3 Å². The Morgan fingerprint density at radius 1 is 1.53 bits per heavy atom. The van der Waals surface area contributed by atoms with Gasteiger partial charge in [0.15, 0.2) is 0 Å². The number of hydrogen-bond donors (Lipinski definition) is 2. The average Bonchev–Trinajstić information content (AvgIpc) is 2.30. The summed E-state index contributed by atoms with van der Waals surface area (Å²) in [6.45, 7) is 0.866. The highest BCUT2D eigenvalue weighted by Gasteiger charge is 2.32. The van der Waals surface area contributed by atoms with Crippen molar-refractivity contribution < 1.29 is 9.90 Å². The Balaban J connectivity index is 2.22. The molecule has 0 saturated carbocycles. The van der Waals surface area contributed by atoms with Crippen molar-refractivity contribution >= 4 is 5.97 Å². The van der Waals surface area contributed by atoms with Gasteiger partial charge in [0, 0.05) is 6.20 Å². The van der Waals surface area contributed by atoms with Crippen molar-refractivity contribution in [2.75, 3.05) is 6.54 Å². The summed E-state index contributed by atoms with van der Waals surface area (Å²) >= 11 is 0. The number of rotatable bonds is 2. The SMILES string of the molecule is O=C(O)C1CCCNC1c1ccccn1. The second-order valence-corrected chi connectivity index (χ2v) is 3.77. The van der Waals surface area contributed by atoms with Crippen LogP contribution in [0.1, 0.15) is 24.6 Å². The minimum atomic E-state index is -0.738. The predicted octanol–water partition coefficient (Wildman–Crippen LogP) is 1.21. The lowest BCUT2D eigenvalue weighted by Gasteiger charge is -2.29. The zero-order valence-corrected chi connectivity index (χ0v) is 8.39. The molecule has 1 aromatic rings. The Kier molecular flexibility index (Phi) is 2.97. The van der Waals surface area contributed by atoms with Gasteiger partial charge < -0.3 is 10.4 Å². The molecule has 1 saturated heterocycles. The first-order valence-corrected chi connectivity index (χ1v) is 5.16. The fraction of sp³-hybridized carbons (Fsp3) is 0.455. The normalized spacial score (nSPS) is 26.1. The van der Waals surface area contributed by atoms with Crippen molar-refractivity contribution in [1.29, 1.82) is 0 Å². The van der Waals surface area contributed by atoms with Crippen LogP contribution in [0.4, 0.5) is 0 Å². The summed E-state index contributed by atoms with van der Waals surface area (Å²) in [7, 11) is 0. The molecule has 2 rings (SSSR count).